The number of hydrogen-bond donors (Lipinski definition) is 1. The predicted octanol–water partition coefficient (Wildman–Crippen LogP) is 6.78. The van der Waals surface area contributed by atoms with Gasteiger partial charge in [-0.2, -0.15) is 0 Å². The fourth-order valence-electron chi connectivity index (χ4n) is 3.37. The molecule has 0 fully saturated rings. The highest BCUT2D eigenvalue weighted by Crippen LogP contribution is 2.40. The Bertz CT molecular complexity index is 1220. The Kier molecular flexibility index (Phi) is 8.17. The Labute approximate surface area is 206 Å². The van der Waals surface area contributed by atoms with Gasteiger partial charge < -0.3 is 5.32 Å². The highest BCUT2D eigenvalue weighted by atomic mass is 32.2. The summed E-state index contributed by atoms with van der Waals surface area (Å²) in [6.07, 6.45) is 0. The van der Waals surface area contributed by atoms with Crippen molar-refractivity contribution in [2.45, 2.75) is 21.1 Å². The molecular formula is C28H22FNO2S2. The minimum absolute atomic E-state index is 0.201. The molecule has 3 nitrogen and oxygen atoms in total. The summed E-state index contributed by atoms with van der Waals surface area (Å²) in [5.41, 5.74) is 1.21. The van der Waals surface area contributed by atoms with Crippen molar-refractivity contribution >= 4 is 34.5 Å². The van der Waals surface area contributed by atoms with Gasteiger partial charge in [0, 0.05) is 15.4 Å². The van der Waals surface area contributed by atoms with Crippen LogP contribution in [0.4, 0.5) is 4.39 Å². The zero-order valence-electron chi connectivity index (χ0n) is 18.1. The summed E-state index contributed by atoms with van der Waals surface area (Å²) < 4.78 is 13.7. The molecule has 4 aromatic carbocycles. The number of carbonyl (C=O) groups is 2. The first kappa shape index (κ1) is 23.8. The van der Waals surface area contributed by atoms with E-state index in [-0.39, 0.29) is 16.8 Å². The molecule has 2 atom stereocenters. The second-order valence-electron chi connectivity index (χ2n) is 7.45. The van der Waals surface area contributed by atoms with Crippen molar-refractivity contribution in [3.05, 3.63) is 132 Å². The van der Waals surface area contributed by atoms with Gasteiger partial charge in [-0.1, -0.05) is 66.7 Å². The van der Waals surface area contributed by atoms with E-state index in [4.69, 9.17) is 0 Å². The molecule has 0 unspecified atom stereocenters. The standard InChI is InChI=1S/C28H22FNO2S2/c29-22-18-16-20(17-19-22)26(33-23-12-6-2-7-13-23)25(28(32)34-24-14-8-3-9-15-24)30-27(31)21-10-4-1-5-11-21/h1-19,25-26H,(H,30,31)/t25-,26+/m0/s1. The highest BCUT2D eigenvalue weighted by molar-refractivity contribution is 8.14. The van der Waals surface area contributed by atoms with Crippen molar-refractivity contribution in [3.8, 4) is 0 Å². The molecular weight excluding hydrogens is 465 g/mol. The fraction of sp³-hybridized carbons (Fsp3) is 0.0714. The SMILES string of the molecule is O=C(N[C@H](C(=O)Sc1ccccc1)[C@H](Sc1ccccc1)c1ccc(F)cc1)c1ccccc1. The Morgan fingerprint density at radius 1 is 0.676 bits per heavy atom. The van der Waals surface area contributed by atoms with Crippen LogP contribution in [0.15, 0.2) is 125 Å². The minimum Gasteiger partial charge on any atom is -0.340 e. The van der Waals surface area contributed by atoms with Crippen LogP contribution in [0.5, 0.6) is 0 Å². The molecule has 0 saturated carbocycles. The molecule has 1 amide bonds. The van der Waals surface area contributed by atoms with Crippen LogP contribution in [0.3, 0.4) is 0 Å². The second-order valence-corrected chi connectivity index (χ2v) is 9.75. The smallest absolute Gasteiger partial charge is 0.251 e. The molecule has 0 saturated heterocycles. The van der Waals surface area contributed by atoms with Crippen LogP contribution in [0.1, 0.15) is 21.2 Å². The lowest BCUT2D eigenvalue weighted by molar-refractivity contribution is -0.112. The van der Waals surface area contributed by atoms with Gasteiger partial charge >= 0.3 is 0 Å². The topological polar surface area (TPSA) is 46.2 Å². The van der Waals surface area contributed by atoms with Crippen LogP contribution in [0, 0.1) is 5.82 Å². The third kappa shape index (κ3) is 6.37. The van der Waals surface area contributed by atoms with E-state index in [1.54, 1.807) is 36.4 Å². The summed E-state index contributed by atoms with van der Waals surface area (Å²) in [5.74, 6) is -0.699. The Balaban J connectivity index is 1.71. The molecule has 34 heavy (non-hydrogen) atoms. The van der Waals surface area contributed by atoms with Crippen LogP contribution in [-0.2, 0) is 4.79 Å². The summed E-state index contributed by atoms with van der Waals surface area (Å²) in [5, 5.41) is 2.29. The summed E-state index contributed by atoms with van der Waals surface area (Å²) >= 11 is 2.55. The minimum atomic E-state index is -0.867. The molecule has 170 valence electrons. The van der Waals surface area contributed by atoms with E-state index in [9.17, 15) is 14.0 Å². The first-order chi connectivity index (χ1) is 16.6. The molecule has 0 radical (unpaired) electrons. The van der Waals surface area contributed by atoms with Gasteiger partial charge in [0.15, 0.2) is 0 Å². The quantitative estimate of drug-likeness (QED) is 0.278. The van der Waals surface area contributed by atoms with E-state index in [0.29, 0.717) is 5.56 Å². The van der Waals surface area contributed by atoms with E-state index >= 15 is 0 Å². The number of nitrogens with one attached hydrogen (secondary N) is 1. The van der Waals surface area contributed by atoms with E-state index < -0.39 is 11.3 Å². The predicted molar refractivity (Wildman–Crippen MR) is 136 cm³/mol. The third-order valence-corrected chi connectivity index (χ3v) is 7.35. The summed E-state index contributed by atoms with van der Waals surface area (Å²) in [7, 11) is 0. The number of thioether (sulfide) groups is 2. The van der Waals surface area contributed by atoms with Crippen molar-refractivity contribution in [2.75, 3.05) is 0 Å². The number of benzene rings is 4. The van der Waals surface area contributed by atoms with Gasteiger partial charge in [0.25, 0.3) is 5.91 Å². The maximum atomic E-state index is 13.7. The van der Waals surface area contributed by atoms with Crippen molar-refractivity contribution in [3.63, 3.8) is 0 Å². The van der Waals surface area contributed by atoms with E-state index in [1.807, 2.05) is 66.7 Å². The molecule has 0 aliphatic rings. The molecule has 4 rings (SSSR count). The van der Waals surface area contributed by atoms with Crippen LogP contribution < -0.4 is 5.32 Å². The van der Waals surface area contributed by atoms with Crippen LogP contribution in [0.2, 0.25) is 0 Å². The van der Waals surface area contributed by atoms with Gasteiger partial charge in [-0.3, -0.25) is 9.59 Å². The number of halogens is 1. The largest absolute Gasteiger partial charge is 0.340 e. The van der Waals surface area contributed by atoms with Gasteiger partial charge in [0.2, 0.25) is 5.12 Å². The monoisotopic (exact) mass is 487 g/mol. The number of hydrogen-bond acceptors (Lipinski definition) is 4. The second kappa shape index (κ2) is 11.7. The molecule has 0 spiro atoms. The molecule has 6 heteroatoms. The molecule has 0 aromatic heterocycles. The van der Waals surface area contributed by atoms with Crippen molar-refractivity contribution in [2.24, 2.45) is 0 Å². The molecule has 4 aromatic rings. The van der Waals surface area contributed by atoms with Crippen LogP contribution in [-0.4, -0.2) is 17.1 Å². The molecule has 0 bridgehead atoms. The molecule has 0 aliphatic carbocycles. The van der Waals surface area contributed by atoms with Gasteiger partial charge in [0.05, 0.1) is 5.25 Å². The average Bonchev–Trinajstić information content (AvgIpc) is 2.88. The normalized spacial score (nSPS) is 12.5. The van der Waals surface area contributed by atoms with Crippen molar-refractivity contribution in [1.29, 1.82) is 0 Å². The van der Waals surface area contributed by atoms with Gasteiger partial charge in [-0.05, 0) is 65.9 Å². The van der Waals surface area contributed by atoms with Crippen LogP contribution >= 0.6 is 23.5 Å². The van der Waals surface area contributed by atoms with Gasteiger partial charge in [-0.25, -0.2) is 4.39 Å². The van der Waals surface area contributed by atoms with Gasteiger partial charge in [0.1, 0.15) is 11.9 Å². The average molecular weight is 488 g/mol. The number of rotatable bonds is 8. The first-order valence-electron chi connectivity index (χ1n) is 10.7. The highest BCUT2D eigenvalue weighted by Gasteiger charge is 2.33. The number of amides is 1. The zero-order chi connectivity index (χ0) is 23.8. The molecule has 0 aliphatic heterocycles. The first-order valence-corrected chi connectivity index (χ1v) is 12.4. The van der Waals surface area contributed by atoms with E-state index in [2.05, 4.69) is 5.32 Å². The Hall–Kier alpha value is -3.35. The Morgan fingerprint density at radius 2 is 1.21 bits per heavy atom. The summed E-state index contributed by atoms with van der Waals surface area (Å²) in [6.45, 7) is 0. The van der Waals surface area contributed by atoms with E-state index in [0.717, 1.165) is 27.1 Å². The fourth-order valence-corrected chi connectivity index (χ4v) is 5.53. The maximum Gasteiger partial charge on any atom is 0.251 e. The lowest BCUT2D eigenvalue weighted by atomic mass is 10.1. The van der Waals surface area contributed by atoms with Crippen molar-refractivity contribution < 1.29 is 14.0 Å². The zero-order valence-corrected chi connectivity index (χ0v) is 19.8. The van der Waals surface area contributed by atoms with Gasteiger partial charge in [-0.15, -0.1) is 11.8 Å². The maximum absolute atomic E-state index is 13.7. The van der Waals surface area contributed by atoms with E-state index in [1.165, 1.54) is 23.9 Å². The van der Waals surface area contributed by atoms with Crippen molar-refractivity contribution in [1.82, 2.24) is 5.32 Å². The lowest BCUT2D eigenvalue weighted by Gasteiger charge is -2.27. The summed E-state index contributed by atoms with van der Waals surface area (Å²) in [6, 6.07) is 33.0. The number of carbonyl (C=O) groups excluding carboxylic acids is 2. The summed E-state index contributed by atoms with van der Waals surface area (Å²) in [4.78, 5) is 28.4. The molecule has 0 heterocycles. The Morgan fingerprint density at radius 3 is 1.79 bits per heavy atom. The lowest BCUT2D eigenvalue weighted by Crippen LogP contribution is -2.43. The molecule has 1 N–H and O–H groups in total. The third-order valence-electron chi connectivity index (χ3n) is 5.05. The van der Waals surface area contributed by atoms with Crippen LogP contribution in [0.25, 0.3) is 0 Å².